The van der Waals surface area contributed by atoms with E-state index in [9.17, 15) is 9.59 Å². The van der Waals surface area contributed by atoms with Crippen molar-refractivity contribution < 1.29 is 9.59 Å². The second-order valence-electron chi connectivity index (χ2n) is 5.40. The number of carbonyl (C=O) groups excluding carboxylic acids is 2. The largest absolute Gasteiger partial charge is 0.366 e. The van der Waals surface area contributed by atoms with Gasteiger partial charge in [-0.15, -0.1) is 0 Å². The molecule has 0 spiro atoms. The van der Waals surface area contributed by atoms with Crippen molar-refractivity contribution in [1.29, 1.82) is 0 Å². The van der Waals surface area contributed by atoms with Gasteiger partial charge in [-0.05, 0) is 35.9 Å². The quantitative estimate of drug-likeness (QED) is 0.699. The monoisotopic (exact) mass is 332 g/mol. The number of nitrogens with one attached hydrogen (secondary N) is 1. The van der Waals surface area contributed by atoms with E-state index < -0.39 is 5.91 Å². The van der Waals surface area contributed by atoms with E-state index in [0.29, 0.717) is 17.8 Å². The predicted molar refractivity (Wildman–Crippen MR) is 95.4 cm³/mol. The molecule has 3 aromatic rings. The topological polar surface area (TPSA) is 98.0 Å². The summed E-state index contributed by atoms with van der Waals surface area (Å²) in [5.41, 5.74) is 8.62. The van der Waals surface area contributed by atoms with E-state index >= 15 is 0 Å². The number of primary amides is 1. The number of hydrogen-bond donors (Lipinski definition) is 2. The molecule has 3 rings (SSSR count). The maximum atomic E-state index is 11.9. The van der Waals surface area contributed by atoms with Crippen LogP contribution in [0.1, 0.15) is 21.6 Å². The molecule has 2 amide bonds. The molecule has 6 nitrogen and oxygen atoms in total. The lowest BCUT2D eigenvalue weighted by atomic mass is 10.1. The van der Waals surface area contributed by atoms with Crippen LogP contribution in [0.4, 0.5) is 0 Å². The van der Waals surface area contributed by atoms with Gasteiger partial charge in [0.05, 0.1) is 22.9 Å². The maximum Gasteiger partial charge on any atom is 0.248 e. The van der Waals surface area contributed by atoms with Crippen LogP contribution >= 0.6 is 0 Å². The SMILES string of the molecule is NC(=O)c1cccc(CNC(=O)/C=C/c2cnc3ccccc3n2)c1. The summed E-state index contributed by atoms with van der Waals surface area (Å²) < 4.78 is 0. The molecular formula is C19H16N4O2. The van der Waals surface area contributed by atoms with Crippen molar-refractivity contribution in [3.63, 3.8) is 0 Å². The maximum absolute atomic E-state index is 11.9. The highest BCUT2D eigenvalue weighted by atomic mass is 16.1. The molecule has 0 aliphatic carbocycles. The lowest BCUT2D eigenvalue weighted by Gasteiger charge is -2.04. The molecule has 0 aliphatic heterocycles. The van der Waals surface area contributed by atoms with Gasteiger partial charge in [-0.2, -0.15) is 0 Å². The van der Waals surface area contributed by atoms with Gasteiger partial charge in [0, 0.05) is 18.2 Å². The van der Waals surface area contributed by atoms with Crippen molar-refractivity contribution >= 4 is 28.9 Å². The summed E-state index contributed by atoms with van der Waals surface area (Å²) in [6.07, 6.45) is 4.62. The standard InChI is InChI=1S/C19H16N4O2/c20-19(25)14-5-3-4-13(10-14)11-22-18(24)9-8-15-12-21-16-6-1-2-7-17(16)23-15/h1-10,12H,11H2,(H2,20,25)(H,22,24)/b9-8+. The molecule has 0 atom stereocenters. The molecular weight excluding hydrogens is 316 g/mol. The summed E-state index contributed by atoms with van der Waals surface area (Å²) in [6.45, 7) is 0.299. The molecule has 124 valence electrons. The van der Waals surface area contributed by atoms with E-state index in [1.54, 1.807) is 30.5 Å². The lowest BCUT2D eigenvalue weighted by molar-refractivity contribution is -0.116. The van der Waals surface area contributed by atoms with E-state index in [-0.39, 0.29) is 5.91 Å². The summed E-state index contributed by atoms with van der Waals surface area (Å²) in [4.78, 5) is 31.8. The van der Waals surface area contributed by atoms with Gasteiger partial charge < -0.3 is 11.1 Å². The highest BCUT2D eigenvalue weighted by molar-refractivity contribution is 5.93. The number of benzene rings is 2. The number of para-hydroxylation sites is 2. The molecule has 2 aromatic carbocycles. The minimum Gasteiger partial charge on any atom is -0.366 e. The first-order valence-corrected chi connectivity index (χ1v) is 7.68. The fourth-order valence-corrected chi connectivity index (χ4v) is 2.30. The van der Waals surface area contributed by atoms with E-state index in [2.05, 4.69) is 15.3 Å². The highest BCUT2D eigenvalue weighted by Gasteiger charge is 2.03. The number of hydrogen-bond acceptors (Lipinski definition) is 4. The van der Waals surface area contributed by atoms with Crippen LogP contribution in [-0.2, 0) is 11.3 Å². The minimum absolute atomic E-state index is 0.264. The van der Waals surface area contributed by atoms with E-state index in [0.717, 1.165) is 16.6 Å². The van der Waals surface area contributed by atoms with Gasteiger partial charge in [-0.3, -0.25) is 14.6 Å². The number of rotatable bonds is 5. The molecule has 3 N–H and O–H groups in total. The van der Waals surface area contributed by atoms with Crippen LogP contribution in [-0.4, -0.2) is 21.8 Å². The van der Waals surface area contributed by atoms with E-state index in [4.69, 9.17) is 5.73 Å². The molecule has 1 heterocycles. The predicted octanol–water partition coefficient (Wildman–Crippen LogP) is 2.06. The summed E-state index contributed by atoms with van der Waals surface area (Å²) in [5, 5.41) is 2.75. The van der Waals surface area contributed by atoms with Crippen molar-refractivity contribution in [1.82, 2.24) is 15.3 Å². The van der Waals surface area contributed by atoms with Crippen LogP contribution in [0.3, 0.4) is 0 Å². The van der Waals surface area contributed by atoms with E-state index in [1.807, 2.05) is 30.3 Å². The number of nitrogens with zero attached hydrogens (tertiary/aromatic N) is 2. The molecule has 1 aromatic heterocycles. The first kappa shape index (κ1) is 16.3. The fourth-order valence-electron chi connectivity index (χ4n) is 2.30. The van der Waals surface area contributed by atoms with Crippen molar-refractivity contribution in [2.75, 3.05) is 0 Å². The smallest absolute Gasteiger partial charge is 0.248 e. The first-order valence-electron chi connectivity index (χ1n) is 7.68. The first-order chi connectivity index (χ1) is 12.1. The third-order valence-corrected chi connectivity index (χ3v) is 3.55. The van der Waals surface area contributed by atoms with Crippen LogP contribution in [0.5, 0.6) is 0 Å². The van der Waals surface area contributed by atoms with Crippen molar-refractivity contribution in [2.45, 2.75) is 6.54 Å². The van der Waals surface area contributed by atoms with Crippen LogP contribution in [0.2, 0.25) is 0 Å². The fraction of sp³-hybridized carbons (Fsp3) is 0.0526. The Hall–Kier alpha value is -3.54. The number of aromatic nitrogens is 2. The van der Waals surface area contributed by atoms with Gasteiger partial charge in [0.1, 0.15) is 0 Å². The summed E-state index contributed by atoms with van der Waals surface area (Å²) in [6, 6.07) is 14.3. The average molecular weight is 332 g/mol. The van der Waals surface area contributed by atoms with Crippen LogP contribution < -0.4 is 11.1 Å². The normalized spacial score (nSPS) is 10.9. The Morgan fingerprint density at radius 1 is 1.08 bits per heavy atom. The third-order valence-electron chi connectivity index (χ3n) is 3.55. The molecule has 0 aliphatic rings. The zero-order chi connectivity index (χ0) is 17.6. The lowest BCUT2D eigenvalue weighted by Crippen LogP contribution is -2.20. The van der Waals surface area contributed by atoms with Crippen LogP contribution in [0.25, 0.3) is 17.1 Å². The van der Waals surface area contributed by atoms with Gasteiger partial charge in [-0.25, -0.2) is 4.98 Å². The van der Waals surface area contributed by atoms with Gasteiger partial charge >= 0.3 is 0 Å². The molecule has 0 saturated carbocycles. The molecule has 0 bridgehead atoms. The van der Waals surface area contributed by atoms with E-state index in [1.165, 1.54) is 6.08 Å². The van der Waals surface area contributed by atoms with Gasteiger partial charge in [0.2, 0.25) is 11.8 Å². The van der Waals surface area contributed by atoms with Crippen LogP contribution in [0, 0.1) is 0 Å². The molecule has 6 heteroatoms. The van der Waals surface area contributed by atoms with Gasteiger partial charge in [-0.1, -0.05) is 24.3 Å². The number of carbonyl (C=O) groups is 2. The number of fused-ring (bicyclic) bond motifs is 1. The second kappa shape index (κ2) is 7.35. The molecule has 0 unspecified atom stereocenters. The zero-order valence-electron chi connectivity index (χ0n) is 13.3. The van der Waals surface area contributed by atoms with Crippen molar-refractivity contribution in [3.8, 4) is 0 Å². The Kier molecular flexibility index (Phi) is 4.80. The molecule has 0 fully saturated rings. The summed E-state index contributed by atoms with van der Waals surface area (Å²) in [5.74, 6) is -0.762. The van der Waals surface area contributed by atoms with Crippen molar-refractivity contribution in [2.24, 2.45) is 5.73 Å². The number of nitrogens with two attached hydrogens (primary N) is 1. The second-order valence-corrected chi connectivity index (χ2v) is 5.40. The zero-order valence-corrected chi connectivity index (χ0v) is 13.3. The minimum atomic E-state index is -0.497. The van der Waals surface area contributed by atoms with Crippen LogP contribution in [0.15, 0.2) is 60.8 Å². The Labute approximate surface area is 144 Å². The number of amides is 2. The third kappa shape index (κ3) is 4.26. The molecule has 0 radical (unpaired) electrons. The Morgan fingerprint density at radius 3 is 2.68 bits per heavy atom. The summed E-state index contributed by atoms with van der Waals surface area (Å²) in [7, 11) is 0. The Balaban J connectivity index is 1.62. The molecule has 0 saturated heterocycles. The Morgan fingerprint density at radius 2 is 1.88 bits per heavy atom. The van der Waals surface area contributed by atoms with Gasteiger partial charge in [0.25, 0.3) is 0 Å². The average Bonchev–Trinajstić information content (AvgIpc) is 2.64. The van der Waals surface area contributed by atoms with Crippen molar-refractivity contribution in [3.05, 3.63) is 77.6 Å². The molecule has 25 heavy (non-hydrogen) atoms. The Bertz CT molecular complexity index is 966. The van der Waals surface area contributed by atoms with Gasteiger partial charge in [0.15, 0.2) is 0 Å². The summed E-state index contributed by atoms with van der Waals surface area (Å²) >= 11 is 0. The highest BCUT2D eigenvalue weighted by Crippen LogP contribution is 2.09.